The van der Waals surface area contributed by atoms with E-state index in [1.165, 1.54) is 6.39 Å². The van der Waals surface area contributed by atoms with Crippen molar-refractivity contribution in [1.29, 1.82) is 0 Å². The zero-order chi connectivity index (χ0) is 13.7. The summed E-state index contributed by atoms with van der Waals surface area (Å²) in [6.45, 7) is 0.700. The quantitative estimate of drug-likeness (QED) is 0.870. The lowest BCUT2D eigenvalue weighted by atomic mass is 10.1. The van der Waals surface area contributed by atoms with Gasteiger partial charge in [-0.05, 0) is 30.7 Å². The van der Waals surface area contributed by atoms with Crippen LogP contribution in [0.5, 0.6) is 11.5 Å². The minimum atomic E-state index is 0.156. The molecule has 0 saturated carbocycles. The van der Waals surface area contributed by atoms with Crippen molar-refractivity contribution in [3.63, 3.8) is 0 Å². The van der Waals surface area contributed by atoms with Gasteiger partial charge >= 0.3 is 0 Å². The second kappa shape index (κ2) is 6.40. The zero-order valence-electron chi connectivity index (χ0n) is 10.4. The maximum atomic E-state index is 6.18. The first kappa shape index (κ1) is 13.6. The molecule has 0 bridgehead atoms. The van der Waals surface area contributed by atoms with Gasteiger partial charge in [0.2, 0.25) is 12.2 Å². The molecule has 0 aliphatic rings. The molecule has 0 aliphatic carbocycles. The third-order valence-electron chi connectivity index (χ3n) is 2.47. The molecule has 0 atom stereocenters. The minimum absolute atomic E-state index is 0.156. The summed E-state index contributed by atoms with van der Waals surface area (Å²) in [5.74, 6) is 1.44. The Bertz CT molecular complexity index is 531. The van der Waals surface area contributed by atoms with Crippen LogP contribution in [0.1, 0.15) is 11.4 Å². The fourth-order valence-electron chi connectivity index (χ4n) is 1.62. The number of nitrogens with two attached hydrogens (primary N) is 1. The molecule has 0 amide bonds. The first-order chi connectivity index (χ1) is 9.24. The molecule has 102 valence electrons. The van der Waals surface area contributed by atoms with Crippen molar-refractivity contribution >= 4 is 11.6 Å². The smallest absolute Gasteiger partial charge is 0.213 e. The Morgan fingerprint density at radius 3 is 2.89 bits per heavy atom. The number of benzene rings is 1. The van der Waals surface area contributed by atoms with E-state index in [0.717, 1.165) is 12.0 Å². The van der Waals surface area contributed by atoms with Crippen LogP contribution in [0.3, 0.4) is 0 Å². The predicted molar refractivity (Wildman–Crippen MR) is 69.4 cm³/mol. The number of hydrogen-bond donors (Lipinski definition) is 1. The van der Waals surface area contributed by atoms with E-state index in [-0.39, 0.29) is 6.61 Å². The van der Waals surface area contributed by atoms with Crippen molar-refractivity contribution < 1.29 is 14.0 Å². The van der Waals surface area contributed by atoms with E-state index >= 15 is 0 Å². The Kier molecular flexibility index (Phi) is 4.59. The molecular formula is C12H14ClN3O3. The number of halogens is 1. The van der Waals surface area contributed by atoms with Gasteiger partial charge in [-0.2, -0.15) is 4.98 Å². The van der Waals surface area contributed by atoms with Gasteiger partial charge in [0.15, 0.2) is 18.1 Å². The van der Waals surface area contributed by atoms with E-state index in [2.05, 4.69) is 14.7 Å². The molecule has 1 aromatic heterocycles. The fourth-order valence-corrected chi connectivity index (χ4v) is 1.90. The van der Waals surface area contributed by atoms with Crippen molar-refractivity contribution in [3.8, 4) is 11.5 Å². The molecule has 1 heterocycles. The highest BCUT2D eigenvalue weighted by atomic mass is 35.5. The van der Waals surface area contributed by atoms with Gasteiger partial charge in [0, 0.05) is 0 Å². The van der Waals surface area contributed by atoms with E-state index in [9.17, 15) is 0 Å². The normalized spacial score (nSPS) is 10.5. The van der Waals surface area contributed by atoms with Gasteiger partial charge < -0.3 is 19.7 Å². The monoisotopic (exact) mass is 283 g/mol. The molecule has 2 N–H and O–H groups in total. The summed E-state index contributed by atoms with van der Waals surface area (Å²) in [6, 6.07) is 3.66. The van der Waals surface area contributed by atoms with Crippen LogP contribution in [-0.4, -0.2) is 23.8 Å². The van der Waals surface area contributed by atoms with E-state index in [4.69, 9.17) is 26.8 Å². The lowest BCUT2D eigenvalue weighted by molar-refractivity contribution is 0.270. The van der Waals surface area contributed by atoms with Crippen molar-refractivity contribution in [3.05, 3.63) is 34.9 Å². The zero-order valence-corrected chi connectivity index (χ0v) is 11.2. The largest absolute Gasteiger partial charge is 0.493 e. The first-order valence-corrected chi connectivity index (χ1v) is 6.07. The second-order valence-electron chi connectivity index (χ2n) is 3.78. The third kappa shape index (κ3) is 3.36. The highest BCUT2D eigenvalue weighted by molar-refractivity contribution is 6.32. The van der Waals surface area contributed by atoms with Gasteiger partial charge in [-0.25, -0.2) is 0 Å². The van der Waals surface area contributed by atoms with Crippen LogP contribution >= 0.6 is 11.6 Å². The summed E-state index contributed by atoms with van der Waals surface area (Å²) >= 11 is 6.18. The van der Waals surface area contributed by atoms with Gasteiger partial charge in [0.1, 0.15) is 0 Å². The van der Waals surface area contributed by atoms with E-state index < -0.39 is 0 Å². The molecule has 0 unspecified atom stereocenters. The summed E-state index contributed by atoms with van der Waals surface area (Å²) in [6.07, 6.45) is 1.96. The van der Waals surface area contributed by atoms with Crippen LogP contribution < -0.4 is 15.2 Å². The van der Waals surface area contributed by atoms with E-state index in [1.807, 2.05) is 12.1 Å². The number of aromatic nitrogens is 2. The van der Waals surface area contributed by atoms with Crippen molar-refractivity contribution in [2.24, 2.45) is 5.73 Å². The van der Waals surface area contributed by atoms with Crippen LogP contribution in [0.2, 0.25) is 5.02 Å². The summed E-state index contributed by atoms with van der Waals surface area (Å²) in [7, 11) is 1.55. The molecule has 2 rings (SSSR count). The molecular weight excluding hydrogens is 270 g/mol. The highest BCUT2D eigenvalue weighted by Crippen LogP contribution is 2.36. The standard InChI is InChI=1S/C12H14ClN3O3/c1-17-10-5-8(2-3-14)4-9(13)12(10)18-6-11-15-7-19-16-11/h4-5,7H,2-3,6,14H2,1H3. The highest BCUT2D eigenvalue weighted by Gasteiger charge is 2.13. The number of nitrogens with zero attached hydrogens (tertiary/aromatic N) is 2. The molecule has 0 radical (unpaired) electrons. The molecule has 0 aliphatic heterocycles. The fraction of sp³-hybridized carbons (Fsp3) is 0.333. The van der Waals surface area contributed by atoms with Crippen LogP contribution in [0.15, 0.2) is 23.0 Å². The number of rotatable bonds is 6. The Hall–Kier alpha value is -1.79. The lowest BCUT2D eigenvalue weighted by Gasteiger charge is -2.13. The molecule has 2 aromatic rings. The molecule has 6 nitrogen and oxygen atoms in total. The summed E-state index contributed by atoms with van der Waals surface area (Å²) < 4.78 is 15.5. The van der Waals surface area contributed by atoms with E-state index in [0.29, 0.717) is 28.9 Å². The topological polar surface area (TPSA) is 83.4 Å². The van der Waals surface area contributed by atoms with Crippen LogP contribution in [0.4, 0.5) is 0 Å². The molecule has 0 spiro atoms. The average molecular weight is 284 g/mol. The second-order valence-corrected chi connectivity index (χ2v) is 4.19. The average Bonchev–Trinajstić information content (AvgIpc) is 2.90. The van der Waals surface area contributed by atoms with Crippen molar-refractivity contribution in [1.82, 2.24) is 10.1 Å². The molecule has 0 saturated heterocycles. The Labute approximate surface area is 115 Å². The van der Waals surface area contributed by atoms with Gasteiger partial charge in [-0.1, -0.05) is 16.8 Å². The molecule has 1 aromatic carbocycles. The SMILES string of the molecule is COc1cc(CCN)cc(Cl)c1OCc1ncon1. The van der Waals surface area contributed by atoms with Gasteiger partial charge in [-0.15, -0.1) is 0 Å². The van der Waals surface area contributed by atoms with Gasteiger partial charge in [0.25, 0.3) is 0 Å². The van der Waals surface area contributed by atoms with Crippen LogP contribution in [0.25, 0.3) is 0 Å². The lowest BCUT2D eigenvalue weighted by Crippen LogP contribution is -2.04. The van der Waals surface area contributed by atoms with E-state index in [1.54, 1.807) is 7.11 Å². The Balaban J connectivity index is 2.18. The third-order valence-corrected chi connectivity index (χ3v) is 2.76. The maximum absolute atomic E-state index is 6.18. The Morgan fingerprint density at radius 2 is 2.26 bits per heavy atom. The first-order valence-electron chi connectivity index (χ1n) is 5.69. The maximum Gasteiger partial charge on any atom is 0.213 e. The van der Waals surface area contributed by atoms with Crippen LogP contribution in [0, 0.1) is 0 Å². The van der Waals surface area contributed by atoms with Gasteiger partial charge in [0.05, 0.1) is 12.1 Å². The number of methoxy groups -OCH3 is 1. The predicted octanol–water partition coefficient (Wildman–Crippen LogP) is 1.81. The van der Waals surface area contributed by atoms with Crippen molar-refractivity contribution in [2.45, 2.75) is 13.0 Å². The Morgan fingerprint density at radius 1 is 1.42 bits per heavy atom. The number of hydrogen-bond acceptors (Lipinski definition) is 6. The number of ether oxygens (including phenoxy) is 2. The molecule has 0 fully saturated rings. The summed E-state index contributed by atoms with van der Waals surface area (Å²) in [5, 5.41) is 4.12. The van der Waals surface area contributed by atoms with Crippen molar-refractivity contribution in [2.75, 3.05) is 13.7 Å². The van der Waals surface area contributed by atoms with Gasteiger partial charge in [-0.3, -0.25) is 0 Å². The molecule has 19 heavy (non-hydrogen) atoms. The molecule has 7 heteroatoms. The summed E-state index contributed by atoms with van der Waals surface area (Å²) in [4.78, 5) is 3.86. The minimum Gasteiger partial charge on any atom is -0.493 e. The van der Waals surface area contributed by atoms with Crippen LogP contribution in [-0.2, 0) is 13.0 Å². The summed E-state index contributed by atoms with van der Waals surface area (Å²) in [5.41, 5.74) is 6.52.